The summed E-state index contributed by atoms with van der Waals surface area (Å²) < 4.78 is 0. The molecule has 2 heterocycles. The number of imidazole rings is 1. The van der Waals surface area contributed by atoms with Gasteiger partial charge in [0.05, 0.1) is 29.6 Å². The third kappa shape index (κ3) is 4.00. The van der Waals surface area contributed by atoms with E-state index in [2.05, 4.69) is 32.1 Å². The number of hydrogen-bond acceptors (Lipinski definition) is 4. The molecule has 134 valence electrons. The van der Waals surface area contributed by atoms with Crippen LogP contribution in [0.3, 0.4) is 0 Å². The van der Waals surface area contributed by atoms with Crippen LogP contribution in [0.25, 0.3) is 11.0 Å². The monoisotopic (exact) mass is 357 g/mol. The number of carbonyl (C=O) groups excluding carboxylic acids is 1. The summed E-state index contributed by atoms with van der Waals surface area (Å²) in [4.78, 5) is 30.7. The van der Waals surface area contributed by atoms with Crippen LogP contribution in [-0.4, -0.2) is 37.3 Å². The number of aromatic nitrogens is 4. The zero-order valence-corrected chi connectivity index (χ0v) is 14.7. The van der Waals surface area contributed by atoms with Crippen LogP contribution in [0.5, 0.6) is 0 Å². The van der Waals surface area contributed by atoms with Gasteiger partial charge in [-0.15, -0.1) is 0 Å². The first-order valence-corrected chi connectivity index (χ1v) is 8.81. The van der Waals surface area contributed by atoms with E-state index in [-0.39, 0.29) is 5.91 Å². The van der Waals surface area contributed by atoms with Gasteiger partial charge in [0.2, 0.25) is 0 Å². The fourth-order valence-electron chi connectivity index (χ4n) is 3.02. The maximum Gasteiger partial charge on any atom is 0.254 e. The Morgan fingerprint density at radius 2 is 1.81 bits per heavy atom. The minimum atomic E-state index is -0.0342. The van der Waals surface area contributed by atoms with Crippen molar-refractivity contribution in [1.29, 1.82) is 0 Å². The van der Waals surface area contributed by atoms with Gasteiger partial charge in [-0.25, -0.2) is 4.98 Å². The minimum Gasteiger partial charge on any atom is -0.347 e. The van der Waals surface area contributed by atoms with E-state index in [1.807, 2.05) is 35.2 Å². The van der Waals surface area contributed by atoms with Gasteiger partial charge in [-0.1, -0.05) is 30.3 Å². The first-order valence-electron chi connectivity index (χ1n) is 8.81. The number of rotatable bonds is 6. The number of nitrogens with one attached hydrogen (secondary N) is 1. The lowest BCUT2D eigenvalue weighted by Gasteiger charge is -2.22. The highest BCUT2D eigenvalue weighted by molar-refractivity contribution is 5.97. The smallest absolute Gasteiger partial charge is 0.254 e. The topological polar surface area (TPSA) is 74.8 Å². The van der Waals surface area contributed by atoms with Crippen LogP contribution in [0, 0.1) is 0 Å². The van der Waals surface area contributed by atoms with Gasteiger partial charge in [0.25, 0.3) is 5.91 Å². The molecule has 0 atom stereocenters. The van der Waals surface area contributed by atoms with Crippen molar-refractivity contribution in [2.75, 3.05) is 6.54 Å². The molecule has 6 heteroatoms. The van der Waals surface area contributed by atoms with Crippen LogP contribution in [0.4, 0.5) is 0 Å². The second-order valence-electron chi connectivity index (χ2n) is 6.30. The second-order valence-corrected chi connectivity index (χ2v) is 6.30. The Morgan fingerprint density at radius 3 is 2.59 bits per heavy atom. The predicted octanol–water partition coefficient (Wildman–Crippen LogP) is 3.24. The van der Waals surface area contributed by atoms with E-state index in [0.717, 1.165) is 17.6 Å². The van der Waals surface area contributed by atoms with Crippen molar-refractivity contribution in [3.8, 4) is 0 Å². The summed E-state index contributed by atoms with van der Waals surface area (Å²) in [5, 5.41) is 0. The summed E-state index contributed by atoms with van der Waals surface area (Å²) in [6.45, 7) is 1.09. The Balaban J connectivity index is 1.58. The number of H-pyrrole nitrogens is 1. The zero-order valence-electron chi connectivity index (χ0n) is 14.7. The van der Waals surface area contributed by atoms with E-state index < -0.39 is 0 Å². The quantitative estimate of drug-likeness (QED) is 0.575. The van der Waals surface area contributed by atoms with E-state index in [9.17, 15) is 4.79 Å². The molecule has 4 rings (SSSR count). The highest BCUT2D eigenvalue weighted by Crippen LogP contribution is 2.15. The lowest BCUT2D eigenvalue weighted by molar-refractivity contribution is 0.0743. The summed E-state index contributed by atoms with van der Waals surface area (Å²) >= 11 is 0. The SMILES string of the molecule is O=C(c1ccc2nccnc2c1)N(CCc1ccccc1)Cc1cnc[nH]1. The molecule has 1 amide bonds. The molecule has 1 N–H and O–H groups in total. The maximum atomic E-state index is 13.2. The van der Waals surface area contributed by atoms with Crippen LogP contribution in [-0.2, 0) is 13.0 Å². The summed E-state index contributed by atoms with van der Waals surface area (Å²) in [5.74, 6) is -0.0342. The third-order valence-corrected chi connectivity index (χ3v) is 4.43. The molecule has 0 aliphatic carbocycles. The third-order valence-electron chi connectivity index (χ3n) is 4.43. The van der Waals surface area contributed by atoms with Crippen molar-refractivity contribution in [2.24, 2.45) is 0 Å². The van der Waals surface area contributed by atoms with Crippen molar-refractivity contribution in [2.45, 2.75) is 13.0 Å². The Kier molecular flexibility index (Phi) is 4.87. The van der Waals surface area contributed by atoms with E-state index in [1.165, 1.54) is 5.56 Å². The Bertz CT molecular complexity index is 1030. The van der Waals surface area contributed by atoms with E-state index in [1.54, 1.807) is 31.0 Å². The number of benzene rings is 2. The van der Waals surface area contributed by atoms with E-state index in [4.69, 9.17) is 0 Å². The normalized spacial score (nSPS) is 10.8. The van der Waals surface area contributed by atoms with E-state index in [0.29, 0.717) is 24.2 Å². The van der Waals surface area contributed by atoms with Gasteiger partial charge in [0, 0.05) is 30.7 Å². The van der Waals surface area contributed by atoms with Crippen LogP contribution in [0.15, 0.2) is 73.4 Å². The molecule has 0 saturated heterocycles. The van der Waals surface area contributed by atoms with Crippen molar-refractivity contribution in [1.82, 2.24) is 24.8 Å². The van der Waals surface area contributed by atoms with Gasteiger partial charge in [-0.3, -0.25) is 14.8 Å². The zero-order chi connectivity index (χ0) is 18.5. The van der Waals surface area contributed by atoms with Crippen molar-refractivity contribution in [3.05, 3.63) is 90.3 Å². The van der Waals surface area contributed by atoms with Crippen LogP contribution >= 0.6 is 0 Å². The van der Waals surface area contributed by atoms with Gasteiger partial charge in [0.1, 0.15) is 0 Å². The van der Waals surface area contributed by atoms with Crippen molar-refractivity contribution < 1.29 is 4.79 Å². The minimum absolute atomic E-state index is 0.0342. The Morgan fingerprint density at radius 1 is 1.00 bits per heavy atom. The number of nitrogens with zero attached hydrogens (tertiary/aromatic N) is 4. The van der Waals surface area contributed by atoms with E-state index >= 15 is 0 Å². The van der Waals surface area contributed by atoms with Gasteiger partial charge < -0.3 is 9.88 Å². The first-order chi connectivity index (χ1) is 13.3. The standard InChI is InChI=1S/C21H19N5O/c27-21(17-6-7-19-20(12-17)24-10-9-23-19)26(14-18-13-22-15-25-18)11-8-16-4-2-1-3-5-16/h1-7,9-10,12-13,15H,8,11,14H2,(H,22,25). The van der Waals surface area contributed by atoms with Crippen molar-refractivity contribution in [3.63, 3.8) is 0 Å². The molecule has 0 saturated carbocycles. The van der Waals surface area contributed by atoms with Gasteiger partial charge in [-0.05, 0) is 30.2 Å². The lowest BCUT2D eigenvalue weighted by Crippen LogP contribution is -2.32. The van der Waals surface area contributed by atoms with Crippen LogP contribution < -0.4 is 0 Å². The highest BCUT2D eigenvalue weighted by Gasteiger charge is 2.17. The summed E-state index contributed by atoms with van der Waals surface area (Å²) in [6, 6.07) is 15.6. The van der Waals surface area contributed by atoms with Gasteiger partial charge >= 0.3 is 0 Å². The molecule has 6 nitrogen and oxygen atoms in total. The molecular formula is C21H19N5O. The molecule has 4 aromatic rings. The molecule has 0 bridgehead atoms. The number of fused-ring (bicyclic) bond motifs is 1. The second kappa shape index (κ2) is 7.78. The van der Waals surface area contributed by atoms with Crippen LogP contribution in [0.2, 0.25) is 0 Å². The first kappa shape index (κ1) is 16.9. The molecule has 0 fully saturated rings. The van der Waals surface area contributed by atoms with Crippen LogP contribution in [0.1, 0.15) is 21.6 Å². The summed E-state index contributed by atoms with van der Waals surface area (Å²) in [5.41, 5.74) is 4.20. The Labute approximate surface area is 156 Å². The number of aromatic amines is 1. The molecule has 0 unspecified atom stereocenters. The largest absolute Gasteiger partial charge is 0.347 e. The fraction of sp³-hybridized carbons (Fsp3) is 0.143. The highest BCUT2D eigenvalue weighted by atomic mass is 16.2. The van der Waals surface area contributed by atoms with Gasteiger partial charge in [-0.2, -0.15) is 0 Å². The number of amides is 1. The molecule has 0 aliphatic rings. The predicted molar refractivity (Wildman–Crippen MR) is 103 cm³/mol. The average molecular weight is 357 g/mol. The Hall–Kier alpha value is -3.54. The summed E-state index contributed by atoms with van der Waals surface area (Å²) in [7, 11) is 0. The lowest BCUT2D eigenvalue weighted by atomic mass is 10.1. The maximum absolute atomic E-state index is 13.2. The average Bonchev–Trinajstić information content (AvgIpc) is 3.24. The van der Waals surface area contributed by atoms with Crippen molar-refractivity contribution >= 4 is 16.9 Å². The fourth-order valence-corrected chi connectivity index (χ4v) is 3.02. The summed E-state index contributed by atoms with van der Waals surface area (Å²) in [6.07, 6.45) is 7.44. The van der Waals surface area contributed by atoms with Gasteiger partial charge in [0.15, 0.2) is 0 Å². The molecule has 0 spiro atoms. The molecule has 2 aromatic heterocycles. The molecule has 0 radical (unpaired) electrons. The number of hydrogen-bond donors (Lipinski definition) is 1. The molecule has 27 heavy (non-hydrogen) atoms. The number of carbonyl (C=O) groups is 1. The molecular weight excluding hydrogens is 338 g/mol. The molecule has 0 aliphatic heterocycles. The molecule has 2 aromatic carbocycles.